The van der Waals surface area contributed by atoms with Gasteiger partial charge in [-0.1, -0.05) is 44.2 Å². The molecule has 2 amide bonds. The highest BCUT2D eigenvalue weighted by atomic mass is 16.2. The van der Waals surface area contributed by atoms with Gasteiger partial charge in [-0.15, -0.1) is 0 Å². The Morgan fingerprint density at radius 1 is 0.762 bits per heavy atom. The van der Waals surface area contributed by atoms with Crippen LogP contribution in [-0.2, 0) is 0 Å². The van der Waals surface area contributed by atoms with Crippen molar-refractivity contribution in [3.8, 4) is 0 Å². The Balaban J connectivity index is 1.94. The molecule has 0 atom stereocenters. The standard InChI is InChI=1S/C17H18N2O2/c1-12(2)13-8-10-15(11-9-13)17(21)19-18-16(20)14-6-4-3-5-7-14/h3-12H,1-2H3,(H,18,20)(H,19,21). The van der Waals surface area contributed by atoms with Gasteiger partial charge < -0.3 is 0 Å². The number of hydrogen-bond donors (Lipinski definition) is 2. The summed E-state index contributed by atoms with van der Waals surface area (Å²) in [6, 6.07) is 16.0. The molecule has 0 heterocycles. The Kier molecular flexibility index (Phi) is 4.72. The van der Waals surface area contributed by atoms with Gasteiger partial charge in [0.1, 0.15) is 0 Å². The fraction of sp³-hybridized carbons (Fsp3) is 0.176. The summed E-state index contributed by atoms with van der Waals surface area (Å²) in [6.45, 7) is 4.18. The zero-order valence-corrected chi connectivity index (χ0v) is 12.1. The van der Waals surface area contributed by atoms with Crippen molar-refractivity contribution in [2.24, 2.45) is 0 Å². The van der Waals surface area contributed by atoms with E-state index in [1.54, 1.807) is 36.4 Å². The van der Waals surface area contributed by atoms with Gasteiger partial charge in [-0.2, -0.15) is 0 Å². The van der Waals surface area contributed by atoms with E-state index in [1.807, 2.05) is 18.2 Å². The molecule has 2 N–H and O–H groups in total. The van der Waals surface area contributed by atoms with E-state index in [-0.39, 0.29) is 11.8 Å². The number of carbonyl (C=O) groups is 2. The minimum Gasteiger partial charge on any atom is -0.267 e. The second kappa shape index (κ2) is 6.70. The molecular weight excluding hydrogens is 264 g/mol. The first-order chi connectivity index (χ1) is 10.1. The molecule has 4 heteroatoms. The second-order valence-electron chi connectivity index (χ2n) is 5.05. The van der Waals surface area contributed by atoms with E-state index < -0.39 is 0 Å². The molecule has 0 radical (unpaired) electrons. The highest BCUT2D eigenvalue weighted by molar-refractivity contribution is 5.99. The maximum absolute atomic E-state index is 11.9. The summed E-state index contributed by atoms with van der Waals surface area (Å²) >= 11 is 0. The monoisotopic (exact) mass is 282 g/mol. The Morgan fingerprint density at radius 3 is 1.71 bits per heavy atom. The molecular formula is C17H18N2O2. The van der Waals surface area contributed by atoms with Crippen molar-refractivity contribution in [1.29, 1.82) is 0 Å². The maximum atomic E-state index is 11.9. The second-order valence-corrected chi connectivity index (χ2v) is 5.05. The normalized spacial score (nSPS) is 10.2. The van der Waals surface area contributed by atoms with Crippen LogP contribution in [-0.4, -0.2) is 11.8 Å². The molecule has 0 aliphatic heterocycles. The van der Waals surface area contributed by atoms with Gasteiger partial charge in [-0.05, 0) is 35.7 Å². The zero-order valence-electron chi connectivity index (χ0n) is 12.1. The Morgan fingerprint density at radius 2 is 1.24 bits per heavy atom. The van der Waals surface area contributed by atoms with Crippen LogP contribution in [0.15, 0.2) is 54.6 Å². The maximum Gasteiger partial charge on any atom is 0.269 e. The van der Waals surface area contributed by atoms with Crippen molar-refractivity contribution in [1.82, 2.24) is 10.9 Å². The third-order valence-electron chi connectivity index (χ3n) is 3.17. The molecule has 0 aliphatic carbocycles. The Hall–Kier alpha value is -2.62. The Bertz CT molecular complexity index is 619. The number of carbonyl (C=O) groups excluding carboxylic acids is 2. The number of amides is 2. The van der Waals surface area contributed by atoms with E-state index >= 15 is 0 Å². The van der Waals surface area contributed by atoms with Crippen LogP contribution in [0.25, 0.3) is 0 Å². The predicted octanol–water partition coefficient (Wildman–Crippen LogP) is 2.88. The number of hydrogen-bond acceptors (Lipinski definition) is 2. The molecule has 0 saturated heterocycles. The van der Waals surface area contributed by atoms with Crippen LogP contribution in [0.5, 0.6) is 0 Å². The van der Waals surface area contributed by atoms with Crippen LogP contribution in [0.4, 0.5) is 0 Å². The van der Waals surface area contributed by atoms with Gasteiger partial charge >= 0.3 is 0 Å². The zero-order chi connectivity index (χ0) is 15.2. The van der Waals surface area contributed by atoms with Gasteiger partial charge in [0.25, 0.3) is 11.8 Å². The molecule has 21 heavy (non-hydrogen) atoms. The average molecular weight is 282 g/mol. The number of rotatable bonds is 3. The lowest BCUT2D eigenvalue weighted by Crippen LogP contribution is -2.41. The van der Waals surface area contributed by atoms with Crippen LogP contribution in [0, 0.1) is 0 Å². The summed E-state index contributed by atoms with van der Waals surface area (Å²) in [5, 5.41) is 0. The number of benzene rings is 2. The van der Waals surface area contributed by atoms with E-state index in [4.69, 9.17) is 0 Å². The van der Waals surface area contributed by atoms with Gasteiger partial charge in [0, 0.05) is 11.1 Å². The lowest BCUT2D eigenvalue weighted by Gasteiger charge is -2.09. The molecule has 2 rings (SSSR count). The summed E-state index contributed by atoms with van der Waals surface area (Å²) in [5.41, 5.74) is 6.97. The third-order valence-corrected chi connectivity index (χ3v) is 3.17. The van der Waals surface area contributed by atoms with E-state index in [2.05, 4.69) is 24.7 Å². The lowest BCUT2D eigenvalue weighted by molar-refractivity contribution is 0.0846. The minimum atomic E-state index is -0.345. The van der Waals surface area contributed by atoms with E-state index in [0.717, 1.165) is 0 Å². The highest BCUT2D eigenvalue weighted by Crippen LogP contribution is 2.14. The topological polar surface area (TPSA) is 58.2 Å². The molecule has 0 aliphatic rings. The first-order valence-electron chi connectivity index (χ1n) is 6.83. The first-order valence-corrected chi connectivity index (χ1v) is 6.83. The quantitative estimate of drug-likeness (QED) is 0.850. The molecule has 0 fully saturated rings. The minimum absolute atomic E-state index is 0.338. The van der Waals surface area contributed by atoms with E-state index in [0.29, 0.717) is 17.0 Å². The fourth-order valence-corrected chi connectivity index (χ4v) is 1.87. The van der Waals surface area contributed by atoms with Crippen molar-refractivity contribution < 1.29 is 9.59 Å². The van der Waals surface area contributed by atoms with Crippen molar-refractivity contribution in [3.05, 3.63) is 71.3 Å². The molecule has 0 aromatic heterocycles. The van der Waals surface area contributed by atoms with Crippen molar-refractivity contribution >= 4 is 11.8 Å². The van der Waals surface area contributed by atoms with Crippen LogP contribution < -0.4 is 10.9 Å². The Labute approximate surface area is 124 Å². The third kappa shape index (κ3) is 3.92. The fourth-order valence-electron chi connectivity index (χ4n) is 1.87. The van der Waals surface area contributed by atoms with Crippen LogP contribution >= 0.6 is 0 Å². The van der Waals surface area contributed by atoms with Gasteiger partial charge in [-0.3, -0.25) is 20.4 Å². The molecule has 2 aromatic rings. The number of nitrogens with one attached hydrogen (secondary N) is 2. The van der Waals surface area contributed by atoms with E-state index in [9.17, 15) is 9.59 Å². The molecule has 0 bridgehead atoms. The van der Waals surface area contributed by atoms with Gasteiger partial charge in [0.15, 0.2) is 0 Å². The summed E-state index contributed by atoms with van der Waals surface area (Å²) < 4.78 is 0. The molecule has 0 unspecified atom stereocenters. The molecule has 4 nitrogen and oxygen atoms in total. The average Bonchev–Trinajstić information content (AvgIpc) is 2.53. The van der Waals surface area contributed by atoms with Gasteiger partial charge in [0.2, 0.25) is 0 Å². The summed E-state index contributed by atoms with van der Waals surface area (Å²) in [5.74, 6) is -0.266. The van der Waals surface area contributed by atoms with Gasteiger partial charge in [-0.25, -0.2) is 0 Å². The van der Waals surface area contributed by atoms with Crippen molar-refractivity contribution in [2.45, 2.75) is 19.8 Å². The van der Waals surface area contributed by atoms with Gasteiger partial charge in [0.05, 0.1) is 0 Å². The highest BCUT2D eigenvalue weighted by Gasteiger charge is 2.09. The smallest absolute Gasteiger partial charge is 0.267 e. The predicted molar refractivity (Wildman–Crippen MR) is 81.9 cm³/mol. The SMILES string of the molecule is CC(C)c1ccc(C(=O)NNC(=O)c2ccccc2)cc1. The summed E-state index contributed by atoms with van der Waals surface area (Å²) in [6.07, 6.45) is 0. The van der Waals surface area contributed by atoms with Crippen LogP contribution in [0.2, 0.25) is 0 Å². The van der Waals surface area contributed by atoms with E-state index in [1.165, 1.54) is 5.56 Å². The molecule has 2 aromatic carbocycles. The molecule has 0 saturated carbocycles. The van der Waals surface area contributed by atoms with Crippen LogP contribution in [0.1, 0.15) is 46.0 Å². The van der Waals surface area contributed by atoms with Crippen molar-refractivity contribution in [2.75, 3.05) is 0 Å². The largest absolute Gasteiger partial charge is 0.269 e. The number of hydrazine groups is 1. The van der Waals surface area contributed by atoms with Crippen LogP contribution in [0.3, 0.4) is 0 Å². The lowest BCUT2D eigenvalue weighted by atomic mass is 10.0. The first kappa shape index (κ1) is 14.8. The molecule has 108 valence electrons. The summed E-state index contributed by atoms with van der Waals surface area (Å²) in [4.78, 5) is 23.7. The molecule has 0 spiro atoms. The van der Waals surface area contributed by atoms with Crippen molar-refractivity contribution in [3.63, 3.8) is 0 Å². The summed E-state index contributed by atoms with van der Waals surface area (Å²) in [7, 11) is 0.